The van der Waals surface area contributed by atoms with Crippen LogP contribution in [0.1, 0.15) is 29.3 Å². The van der Waals surface area contributed by atoms with E-state index in [0.29, 0.717) is 29.8 Å². The summed E-state index contributed by atoms with van der Waals surface area (Å²) in [4.78, 5) is 36.0. The molecule has 8 heteroatoms. The fraction of sp³-hybridized carbons (Fsp3) is 0.192. The minimum absolute atomic E-state index is 0.0993. The average molecular weight is 463 g/mol. The Kier molecular flexibility index (Phi) is 8.62. The maximum absolute atomic E-state index is 12.5. The van der Waals surface area contributed by atoms with Crippen LogP contribution in [0, 0.1) is 0 Å². The smallest absolute Gasteiger partial charge is 0.497 e. The van der Waals surface area contributed by atoms with Crippen LogP contribution in [0.25, 0.3) is 0 Å². The number of methoxy groups -OCH3 is 1. The van der Waals surface area contributed by atoms with Gasteiger partial charge in [-0.25, -0.2) is 4.79 Å². The Morgan fingerprint density at radius 1 is 0.765 bits per heavy atom. The van der Waals surface area contributed by atoms with E-state index in [0.717, 1.165) is 11.3 Å². The van der Waals surface area contributed by atoms with Gasteiger partial charge >= 0.3 is 6.16 Å². The summed E-state index contributed by atoms with van der Waals surface area (Å²) in [6.07, 6.45) is 0.168. The van der Waals surface area contributed by atoms with Crippen molar-refractivity contribution in [1.82, 2.24) is 0 Å². The van der Waals surface area contributed by atoms with Gasteiger partial charge in [0.2, 0.25) is 5.91 Å². The van der Waals surface area contributed by atoms with Crippen molar-refractivity contribution in [3.8, 4) is 11.5 Å². The first kappa shape index (κ1) is 24.3. The van der Waals surface area contributed by atoms with Crippen LogP contribution in [-0.2, 0) is 16.0 Å². The van der Waals surface area contributed by atoms with Gasteiger partial charge < -0.3 is 24.8 Å². The summed E-state index contributed by atoms with van der Waals surface area (Å²) >= 11 is 0. The molecule has 0 aliphatic heterocycles. The van der Waals surface area contributed by atoms with E-state index >= 15 is 0 Å². The van der Waals surface area contributed by atoms with Gasteiger partial charge in [0.25, 0.3) is 5.91 Å². The molecular formula is C26H26N2O6. The number of anilines is 2. The van der Waals surface area contributed by atoms with Crippen LogP contribution in [0.2, 0.25) is 0 Å². The molecule has 0 heterocycles. The van der Waals surface area contributed by atoms with Crippen molar-refractivity contribution in [3.63, 3.8) is 0 Å². The molecule has 3 aromatic carbocycles. The summed E-state index contributed by atoms with van der Waals surface area (Å²) < 4.78 is 14.8. The summed E-state index contributed by atoms with van der Waals surface area (Å²) in [7, 11) is 1.61. The van der Waals surface area contributed by atoms with Gasteiger partial charge in [0, 0.05) is 23.4 Å². The molecule has 0 aliphatic rings. The number of ether oxygens (including phenoxy) is 3. The lowest BCUT2D eigenvalue weighted by Crippen LogP contribution is -2.14. The molecule has 0 aromatic heterocycles. The minimum Gasteiger partial charge on any atom is -0.497 e. The maximum Gasteiger partial charge on any atom is 0.513 e. The molecule has 0 saturated heterocycles. The number of nitrogens with one attached hydrogen (secondary N) is 2. The largest absolute Gasteiger partial charge is 0.513 e. The number of carbonyl (C=O) groups excluding carboxylic acids is 3. The quantitative estimate of drug-likeness (QED) is 0.341. The molecule has 0 saturated carbocycles. The second-order valence-electron chi connectivity index (χ2n) is 7.24. The van der Waals surface area contributed by atoms with Crippen molar-refractivity contribution in [2.24, 2.45) is 0 Å². The predicted molar refractivity (Wildman–Crippen MR) is 128 cm³/mol. The number of aryl methyl sites for hydroxylation is 1. The number of amides is 2. The summed E-state index contributed by atoms with van der Waals surface area (Å²) in [5.74, 6) is 0.638. The highest BCUT2D eigenvalue weighted by Crippen LogP contribution is 2.18. The first-order valence-corrected chi connectivity index (χ1v) is 10.8. The normalized spacial score (nSPS) is 10.2. The zero-order chi connectivity index (χ0) is 24.3. The summed E-state index contributed by atoms with van der Waals surface area (Å²) in [5, 5.41) is 5.63. The molecule has 3 rings (SSSR count). The van der Waals surface area contributed by atoms with Gasteiger partial charge in [0.05, 0.1) is 13.7 Å². The zero-order valence-corrected chi connectivity index (χ0v) is 19.0. The van der Waals surface area contributed by atoms with Crippen molar-refractivity contribution in [1.29, 1.82) is 0 Å². The molecule has 0 fully saturated rings. The lowest BCUT2D eigenvalue weighted by atomic mass is 10.1. The number of hydrogen-bond donors (Lipinski definition) is 2. The maximum atomic E-state index is 12.5. The third kappa shape index (κ3) is 7.37. The molecule has 0 spiro atoms. The van der Waals surface area contributed by atoms with Crippen molar-refractivity contribution < 1.29 is 28.6 Å². The van der Waals surface area contributed by atoms with Crippen LogP contribution in [0.3, 0.4) is 0 Å². The Labute approximate surface area is 197 Å². The molecule has 34 heavy (non-hydrogen) atoms. The van der Waals surface area contributed by atoms with E-state index in [9.17, 15) is 14.4 Å². The number of hydrogen-bond acceptors (Lipinski definition) is 6. The molecule has 0 radical (unpaired) electrons. The molecule has 3 aromatic rings. The molecule has 0 bridgehead atoms. The Bertz CT molecular complexity index is 1110. The molecule has 0 unspecified atom stereocenters. The van der Waals surface area contributed by atoms with E-state index < -0.39 is 6.16 Å². The van der Waals surface area contributed by atoms with Gasteiger partial charge in [-0.3, -0.25) is 9.59 Å². The van der Waals surface area contributed by atoms with Gasteiger partial charge in [0.15, 0.2) is 0 Å². The van der Waals surface area contributed by atoms with Crippen LogP contribution in [-0.4, -0.2) is 31.7 Å². The lowest BCUT2D eigenvalue weighted by Gasteiger charge is -2.09. The first-order valence-electron chi connectivity index (χ1n) is 10.8. The molecule has 8 nitrogen and oxygen atoms in total. The Balaban J connectivity index is 1.47. The van der Waals surface area contributed by atoms with Crippen molar-refractivity contribution in [3.05, 3.63) is 83.9 Å². The Morgan fingerprint density at radius 2 is 1.35 bits per heavy atom. The molecule has 2 N–H and O–H groups in total. The van der Waals surface area contributed by atoms with Crippen LogP contribution in [0.15, 0.2) is 72.8 Å². The Hall–Kier alpha value is -4.33. The monoisotopic (exact) mass is 462 g/mol. The molecular weight excluding hydrogens is 436 g/mol. The molecule has 0 atom stereocenters. The SMILES string of the molecule is CCOC(=O)Oc1ccc(C(=O)Nc2ccc(NC(=O)CCc3ccc(OC)cc3)cc2)cc1. The van der Waals surface area contributed by atoms with Gasteiger partial charge in [-0.1, -0.05) is 12.1 Å². The van der Waals surface area contributed by atoms with Crippen LogP contribution in [0.5, 0.6) is 11.5 Å². The van der Waals surface area contributed by atoms with Crippen molar-refractivity contribution in [2.75, 3.05) is 24.4 Å². The Morgan fingerprint density at radius 3 is 1.94 bits per heavy atom. The molecule has 2 amide bonds. The fourth-order valence-corrected chi connectivity index (χ4v) is 3.03. The van der Waals surface area contributed by atoms with Crippen molar-refractivity contribution >= 4 is 29.3 Å². The second kappa shape index (κ2) is 12.1. The summed E-state index contributed by atoms with van der Waals surface area (Å²) in [6.45, 7) is 1.89. The number of benzene rings is 3. The van der Waals surface area contributed by atoms with E-state index in [1.54, 1.807) is 50.4 Å². The van der Waals surface area contributed by atoms with E-state index in [-0.39, 0.29) is 24.2 Å². The van der Waals surface area contributed by atoms with Crippen LogP contribution >= 0.6 is 0 Å². The predicted octanol–water partition coefficient (Wildman–Crippen LogP) is 5.05. The van der Waals surface area contributed by atoms with E-state index in [4.69, 9.17) is 14.2 Å². The lowest BCUT2D eigenvalue weighted by molar-refractivity contribution is -0.116. The second-order valence-corrected chi connectivity index (χ2v) is 7.24. The topological polar surface area (TPSA) is 103 Å². The van der Waals surface area contributed by atoms with E-state index in [1.165, 1.54) is 12.1 Å². The first-order chi connectivity index (χ1) is 16.5. The standard InChI is InChI=1S/C26H26N2O6/c1-3-33-26(31)34-23-15-7-19(8-16-23)25(30)28-21-11-9-20(10-12-21)27-24(29)17-6-18-4-13-22(32-2)14-5-18/h4-5,7-16H,3,6,17H2,1-2H3,(H,27,29)(H,28,30). The fourth-order valence-electron chi connectivity index (χ4n) is 3.03. The summed E-state index contributed by atoms with van der Waals surface area (Å²) in [6, 6.07) is 20.6. The number of carbonyl (C=O) groups is 3. The van der Waals surface area contributed by atoms with E-state index in [2.05, 4.69) is 10.6 Å². The average Bonchev–Trinajstić information content (AvgIpc) is 2.85. The van der Waals surface area contributed by atoms with Crippen LogP contribution in [0.4, 0.5) is 16.2 Å². The highest BCUT2D eigenvalue weighted by molar-refractivity contribution is 6.04. The minimum atomic E-state index is -0.799. The highest BCUT2D eigenvalue weighted by Gasteiger charge is 2.09. The van der Waals surface area contributed by atoms with Gasteiger partial charge in [-0.05, 0) is 79.6 Å². The van der Waals surface area contributed by atoms with Gasteiger partial charge in [-0.15, -0.1) is 0 Å². The third-order valence-electron chi connectivity index (χ3n) is 4.81. The highest BCUT2D eigenvalue weighted by atomic mass is 16.7. The third-order valence-corrected chi connectivity index (χ3v) is 4.81. The van der Waals surface area contributed by atoms with Crippen molar-refractivity contribution in [2.45, 2.75) is 19.8 Å². The van der Waals surface area contributed by atoms with Gasteiger partial charge in [0.1, 0.15) is 11.5 Å². The van der Waals surface area contributed by atoms with E-state index in [1.807, 2.05) is 24.3 Å². The van der Waals surface area contributed by atoms with Gasteiger partial charge in [-0.2, -0.15) is 0 Å². The molecule has 0 aliphatic carbocycles. The zero-order valence-electron chi connectivity index (χ0n) is 19.0. The molecule has 176 valence electrons. The summed E-state index contributed by atoms with van der Waals surface area (Å²) in [5.41, 5.74) is 2.66. The number of rotatable bonds is 9. The van der Waals surface area contributed by atoms with Crippen LogP contribution < -0.4 is 20.1 Å².